The molecule has 3 aromatic rings. The van der Waals surface area contributed by atoms with Crippen molar-refractivity contribution >= 4 is 5.65 Å². The molecule has 6 nitrogen and oxygen atoms in total. The Morgan fingerprint density at radius 2 is 2.07 bits per heavy atom. The summed E-state index contributed by atoms with van der Waals surface area (Å²) in [6.07, 6.45) is 5.52. The van der Waals surface area contributed by atoms with E-state index in [1.165, 1.54) is 19.4 Å². The smallest absolute Gasteiger partial charge is 0.156 e. The number of nitrogens with zero attached hydrogens (tertiary/aromatic N) is 4. The van der Waals surface area contributed by atoms with Crippen LogP contribution < -0.4 is 4.74 Å². The molecule has 5 rings (SSSR count). The number of benzene rings is 1. The van der Waals surface area contributed by atoms with Gasteiger partial charge in [0.05, 0.1) is 37.4 Å². The molecule has 1 unspecified atom stereocenters. The van der Waals surface area contributed by atoms with Crippen molar-refractivity contribution in [2.24, 2.45) is 0 Å². The summed E-state index contributed by atoms with van der Waals surface area (Å²) in [6, 6.07) is 11.0. The standard InChI is InChI=1S/C22H26N4O2/c1-16-4-2-11-25(16)12-3-13-28-18-7-5-17(6-8-18)22-19-14-27-15-20(19)24-21-9-10-23-26(21)22/h5-10,16H,2-4,11-15H2,1H3. The van der Waals surface area contributed by atoms with Crippen molar-refractivity contribution in [2.45, 2.75) is 45.4 Å². The lowest BCUT2D eigenvalue weighted by Crippen LogP contribution is -2.28. The Morgan fingerprint density at radius 1 is 1.18 bits per heavy atom. The van der Waals surface area contributed by atoms with E-state index in [1.54, 1.807) is 6.20 Å². The van der Waals surface area contributed by atoms with Gasteiger partial charge in [-0.25, -0.2) is 9.50 Å². The van der Waals surface area contributed by atoms with E-state index >= 15 is 0 Å². The molecule has 1 aromatic carbocycles. The minimum absolute atomic E-state index is 0.570. The predicted octanol–water partition coefficient (Wildman–Crippen LogP) is 3.68. The topological polar surface area (TPSA) is 51.9 Å². The average molecular weight is 378 g/mol. The van der Waals surface area contributed by atoms with E-state index in [0.717, 1.165) is 59.5 Å². The van der Waals surface area contributed by atoms with Crippen LogP contribution in [0.15, 0.2) is 36.5 Å². The van der Waals surface area contributed by atoms with Gasteiger partial charge in [0.2, 0.25) is 0 Å². The average Bonchev–Trinajstić information content (AvgIpc) is 3.45. The van der Waals surface area contributed by atoms with Crippen molar-refractivity contribution in [3.05, 3.63) is 47.8 Å². The van der Waals surface area contributed by atoms with Crippen LogP contribution in [0.25, 0.3) is 16.9 Å². The SMILES string of the molecule is CC1CCCN1CCCOc1ccc(-c2c3c(nc4ccnn24)COC3)cc1. The summed E-state index contributed by atoms with van der Waals surface area (Å²) in [5.74, 6) is 0.914. The molecule has 6 heteroatoms. The summed E-state index contributed by atoms with van der Waals surface area (Å²) < 4.78 is 13.5. The molecule has 1 atom stereocenters. The first-order chi connectivity index (χ1) is 13.8. The minimum atomic E-state index is 0.570. The Bertz CT molecular complexity index is 967. The molecule has 0 N–H and O–H groups in total. The normalized spacial score (nSPS) is 19.4. The summed E-state index contributed by atoms with van der Waals surface area (Å²) in [4.78, 5) is 7.22. The van der Waals surface area contributed by atoms with Crippen LogP contribution in [0.2, 0.25) is 0 Å². The van der Waals surface area contributed by atoms with E-state index in [0.29, 0.717) is 13.2 Å². The highest BCUT2D eigenvalue weighted by molar-refractivity contribution is 5.68. The second-order valence-corrected chi connectivity index (χ2v) is 7.73. The molecule has 1 saturated heterocycles. The number of likely N-dealkylation sites (tertiary alicyclic amines) is 1. The summed E-state index contributed by atoms with van der Waals surface area (Å²) in [6.45, 7) is 6.59. The first-order valence-corrected chi connectivity index (χ1v) is 10.2. The van der Waals surface area contributed by atoms with Crippen LogP contribution in [0, 0.1) is 0 Å². The first-order valence-electron chi connectivity index (χ1n) is 10.2. The molecule has 0 aliphatic carbocycles. The molecule has 0 bridgehead atoms. The second kappa shape index (κ2) is 7.53. The fourth-order valence-corrected chi connectivity index (χ4v) is 4.33. The molecule has 0 radical (unpaired) electrons. The molecular formula is C22H26N4O2. The van der Waals surface area contributed by atoms with Crippen molar-refractivity contribution in [1.82, 2.24) is 19.5 Å². The Labute approximate surface area is 165 Å². The summed E-state index contributed by atoms with van der Waals surface area (Å²) >= 11 is 0. The quantitative estimate of drug-likeness (QED) is 0.613. The molecule has 2 aliphatic heterocycles. The van der Waals surface area contributed by atoms with Gasteiger partial charge in [0, 0.05) is 29.8 Å². The van der Waals surface area contributed by atoms with Crippen LogP contribution in [-0.4, -0.2) is 45.2 Å². The van der Waals surface area contributed by atoms with E-state index in [4.69, 9.17) is 9.47 Å². The van der Waals surface area contributed by atoms with Crippen molar-refractivity contribution in [3.63, 3.8) is 0 Å². The van der Waals surface area contributed by atoms with Crippen LogP contribution in [-0.2, 0) is 18.0 Å². The van der Waals surface area contributed by atoms with E-state index in [2.05, 4.69) is 34.0 Å². The Morgan fingerprint density at radius 3 is 2.89 bits per heavy atom. The van der Waals surface area contributed by atoms with Crippen LogP contribution in [0.1, 0.15) is 37.4 Å². The maximum absolute atomic E-state index is 5.97. The van der Waals surface area contributed by atoms with Crippen LogP contribution in [0.3, 0.4) is 0 Å². The molecule has 28 heavy (non-hydrogen) atoms. The number of hydrogen-bond donors (Lipinski definition) is 0. The predicted molar refractivity (Wildman–Crippen MR) is 107 cm³/mol. The third-order valence-electron chi connectivity index (χ3n) is 5.88. The maximum Gasteiger partial charge on any atom is 0.156 e. The lowest BCUT2D eigenvalue weighted by molar-refractivity contribution is 0.133. The Hall–Kier alpha value is -2.44. The zero-order valence-corrected chi connectivity index (χ0v) is 16.3. The van der Waals surface area contributed by atoms with Crippen molar-refractivity contribution in [3.8, 4) is 17.0 Å². The first kappa shape index (κ1) is 17.6. The molecule has 1 fully saturated rings. The monoisotopic (exact) mass is 378 g/mol. The maximum atomic E-state index is 5.97. The third-order valence-corrected chi connectivity index (χ3v) is 5.88. The van der Waals surface area contributed by atoms with E-state index in [-0.39, 0.29) is 0 Å². The van der Waals surface area contributed by atoms with Crippen LogP contribution >= 0.6 is 0 Å². The van der Waals surface area contributed by atoms with E-state index < -0.39 is 0 Å². The molecule has 2 aliphatic rings. The highest BCUT2D eigenvalue weighted by Gasteiger charge is 2.22. The molecule has 0 saturated carbocycles. The third kappa shape index (κ3) is 3.27. The van der Waals surface area contributed by atoms with Crippen LogP contribution in [0.5, 0.6) is 5.75 Å². The number of aromatic nitrogens is 3. The van der Waals surface area contributed by atoms with Gasteiger partial charge in [-0.15, -0.1) is 0 Å². The lowest BCUT2D eigenvalue weighted by atomic mass is 10.1. The van der Waals surface area contributed by atoms with E-state index in [9.17, 15) is 0 Å². The number of hydrogen-bond acceptors (Lipinski definition) is 5. The molecule has 0 amide bonds. The van der Waals surface area contributed by atoms with Gasteiger partial charge in [-0.05, 0) is 57.0 Å². The zero-order valence-electron chi connectivity index (χ0n) is 16.3. The lowest BCUT2D eigenvalue weighted by Gasteiger charge is -2.20. The highest BCUT2D eigenvalue weighted by atomic mass is 16.5. The number of rotatable bonds is 6. The summed E-state index contributed by atoms with van der Waals surface area (Å²) in [7, 11) is 0. The highest BCUT2D eigenvalue weighted by Crippen LogP contribution is 2.31. The number of fused-ring (bicyclic) bond motifs is 2. The van der Waals surface area contributed by atoms with Gasteiger partial charge in [-0.3, -0.25) is 0 Å². The fourth-order valence-electron chi connectivity index (χ4n) is 4.33. The van der Waals surface area contributed by atoms with Gasteiger partial charge < -0.3 is 14.4 Å². The van der Waals surface area contributed by atoms with Gasteiger partial charge in [-0.1, -0.05) is 0 Å². The second-order valence-electron chi connectivity index (χ2n) is 7.73. The van der Waals surface area contributed by atoms with Gasteiger partial charge in [0.1, 0.15) is 5.75 Å². The van der Waals surface area contributed by atoms with Crippen LogP contribution in [0.4, 0.5) is 0 Å². The molecular weight excluding hydrogens is 352 g/mol. The van der Waals surface area contributed by atoms with Gasteiger partial charge in [-0.2, -0.15) is 5.10 Å². The van der Waals surface area contributed by atoms with Gasteiger partial charge >= 0.3 is 0 Å². The van der Waals surface area contributed by atoms with Crippen molar-refractivity contribution in [2.75, 3.05) is 19.7 Å². The fraction of sp³-hybridized carbons (Fsp3) is 0.455. The van der Waals surface area contributed by atoms with E-state index in [1.807, 2.05) is 22.7 Å². The molecule has 0 spiro atoms. The van der Waals surface area contributed by atoms with Crippen molar-refractivity contribution in [1.29, 1.82) is 0 Å². The molecule has 2 aromatic heterocycles. The zero-order chi connectivity index (χ0) is 18.9. The Kier molecular flexibility index (Phi) is 4.74. The Balaban J connectivity index is 1.28. The summed E-state index contributed by atoms with van der Waals surface area (Å²) in [5, 5.41) is 4.46. The molecule has 146 valence electrons. The van der Waals surface area contributed by atoms with Gasteiger partial charge in [0.15, 0.2) is 5.65 Å². The van der Waals surface area contributed by atoms with Gasteiger partial charge in [0.25, 0.3) is 0 Å². The minimum Gasteiger partial charge on any atom is -0.494 e. The summed E-state index contributed by atoms with van der Waals surface area (Å²) in [5.41, 5.74) is 5.17. The molecule has 4 heterocycles. The largest absolute Gasteiger partial charge is 0.494 e. The van der Waals surface area contributed by atoms with Crippen molar-refractivity contribution < 1.29 is 9.47 Å². The number of ether oxygens (including phenoxy) is 2.